The van der Waals surface area contributed by atoms with E-state index in [9.17, 15) is 18.4 Å². The van der Waals surface area contributed by atoms with Crippen LogP contribution >= 0.6 is 0 Å². The van der Waals surface area contributed by atoms with E-state index < -0.39 is 17.7 Å². The standard InChI is InChI=1S/C23H27F2N3O4/c1-31-17-7-6-15(20(12-17)32-2)8-9-26-21(29)13-19-23(30)27-10-11-28(19)14-16-4-3-5-18(24)22(16)25/h3-7,12,19H,8-11,13-14H2,1-2H3,(H,26,29)(H,27,30)/t19-/m1/s1. The summed E-state index contributed by atoms with van der Waals surface area (Å²) in [6.07, 6.45) is 0.455. The van der Waals surface area contributed by atoms with Crippen LogP contribution in [0.3, 0.4) is 0 Å². The lowest BCUT2D eigenvalue weighted by atomic mass is 10.1. The number of methoxy groups -OCH3 is 2. The molecule has 1 heterocycles. The lowest BCUT2D eigenvalue weighted by Crippen LogP contribution is -2.56. The summed E-state index contributed by atoms with van der Waals surface area (Å²) in [7, 11) is 3.14. The van der Waals surface area contributed by atoms with Gasteiger partial charge in [-0.15, -0.1) is 0 Å². The molecule has 32 heavy (non-hydrogen) atoms. The van der Waals surface area contributed by atoms with E-state index in [1.807, 2.05) is 12.1 Å². The first kappa shape index (κ1) is 23.5. The second-order valence-electron chi connectivity index (χ2n) is 7.47. The number of hydrogen-bond acceptors (Lipinski definition) is 5. The van der Waals surface area contributed by atoms with E-state index in [0.717, 1.165) is 11.6 Å². The molecular weight excluding hydrogens is 420 g/mol. The van der Waals surface area contributed by atoms with Gasteiger partial charge in [-0.2, -0.15) is 0 Å². The van der Waals surface area contributed by atoms with Crippen molar-refractivity contribution in [2.45, 2.75) is 25.4 Å². The molecule has 9 heteroatoms. The van der Waals surface area contributed by atoms with Gasteiger partial charge in [0.1, 0.15) is 11.5 Å². The van der Waals surface area contributed by atoms with Crippen LogP contribution in [0.25, 0.3) is 0 Å². The number of nitrogens with one attached hydrogen (secondary N) is 2. The number of halogens is 2. The van der Waals surface area contributed by atoms with Crippen molar-refractivity contribution in [2.75, 3.05) is 33.9 Å². The number of piperazine rings is 1. The lowest BCUT2D eigenvalue weighted by molar-refractivity contribution is -0.134. The summed E-state index contributed by atoms with van der Waals surface area (Å²) >= 11 is 0. The molecule has 2 aromatic rings. The Morgan fingerprint density at radius 1 is 1.19 bits per heavy atom. The monoisotopic (exact) mass is 447 g/mol. The van der Waals surface area contributed by atoms with Crippen molar-refractivity contribution in [3.63, 3.8) is 0 Å². The Labute approximate surface area is 185 Å². The molecule has 2 amide bonds. The maximum atomic E-state index is 14.1. The minimum atomic E-state index is -0.938. The number of amides is 2. The van der Waals surface area contributed by atoms with Gasteiger partial charge < -0.3 is 20.1 Å². The van der Waals surface area contributed by atoms with Crippen molar-refractivity contribution in [2.24, 2.45) is 0 Å². The van der Waals surface area contributed by atoms with Gasteiger partial charge in [0.2, 0.25) is 11.8 Å². The van der Waals surface area contributed by atoms with Gasteiger partial charge in [0.15, 0.2) is 11.6 Å². The first-order valence-corrected chi connectivity index (χ1v) is 10.3. The number of carbonyl (C=O) groups excluding carboxylic acids is 2. The Morgan fingerprint density at radius 2 is 2.00 bits per heavy atom. The third-order valence-electron chi connectivity index (χ3n) is 5.44. The molecule has 1 aliphatic rings. The lowest BCUT2D eigenvalue weighted by Gasteiger charge is -2.34. The molecule has 2 aromatic carbocycles. The van der Waals surface area contributed by atoms with E-state index in [1.54, 1.807) is 25.2 Å². The van der Waals surface area contributed by atoms with Crippen LogP contribution in [0.1, 0.15) is 17.5 Å². The van der Waals surface area contributed by atoms with E-state index >= 15 is 0 Å². The van der Waals surface area contributed by atoms with Crippen molar-refractivity contribution < 1.29 is 27.8 Å². The molecule has 3 rings (SSSR count). The number of hydrogen-bond donors (Lipinski definition) is 2. The molecule has 0 bridgehead atoms. The maximum Gasteiger partial charge on any atom is 0.237 e. The number of ether oxygens (including phenoxy) is 2. The summed E-state index contributed by atoms with van der Waals surface area (Å²) in [6, 6.07) is 8.64. The molecule has 172 valence electrons. The Morgan fingerprint density at radius 3 is 2.75 bits per heavy atom. The predicted octanol–water partition coefficient (Wildman–Crippen LogP) is 2.03. The van der Waals surface area contributed by atoms with Gasteiger partial charge >= 0.3 is 0 Å². The zero-order chi connectivity index (χ0) is 23.1. The summed E-state index contributed by atoms with van der Waals surface area (Å²) < 4.78 is 38.2. The van der Waals surface area contributed by atoms with Crippen LogP contribution in [-0.2, 0) is 22.6 Å². The van der Waals surface area contributed by atoms with Crippen LogP contribution < -0.4 is 20.1 Å². The Bertz CT molecular complexity index is 970. The molecule has 0 unspecified atom stereocenters. The zero-order valence-corrected chi connectivity index (χ0v) is 18.1. The van der Waals surface area contributed by atoms with Crippen LogP contribution in [0.5, 0.6) is 11.5 Å². The van der Waals surface area contributed by atoms with Gasteiger partial charge in [-0.1, -0.05) is 18.2 Å². The van der Waals surface area contributed by atoms with Crippen LogP contribution in [0.4, 0.5) is 8.78 Å². The van der Waals surface area contributed by atoms with Crippen LogP contribution in [0.15, 0.2) is 36.4 Å². The maximum absolute atomic E-state index is 14.1. The summed E-state index contributed by atoms with van der Waals surface area (Å²) in [4.78, 5) is 26.6. The van der Waals surface area contributed by atoms with Gasteiger partial charge in [-0.3, -0.25) is 14.5 Å². The quantitative estimate of drug-likeness (QED) is 0.615. The highest BCUT2D eigenvalue weighted by molar-refractivity contribution is 5.88. The van der Waals surface area contributed by atoms with Crippen LogP contribution in [0, 0.1) is 11.6 Å². The molecule has 0 aliphatic carbocycles. The first-order valence-electron chi connectivity index (χ1n) is 10.3. The van der Waals surface area contributed by atoms with Crippen LogP contribution in [-0.4, -0.2) is 56.6 Å². The number of carbonyl (C=O) groups is 2. The van der Waals surface area contributed by atoms with E-state index in [0.29, 0.717) is 37.6 Å². The third kappa shape index (κ3) is 5.73. The third-order valence-corrected chi connectivity index (χ3v) is 5.44. The molecule has 1 atom stereocenters. The Hall–Kier alpha value is -3.20. The Kier molecular flexibility index (Phi) is 7.99. The van der Waals surface area contributed by atoms with E-state index in [1.165, 1.54) is 12.1 Å². The molecule has 0 aromatic heterocycles. The number of benzene rings is 2. The smallest absolute Gasteiger partial charge is 0.237 e. The van der Waals surface area contributed by atoms with E-state index in [-0.39, 0.29) is 30.3 Å². The topological polar surface area (TPSA) is 79.9 Å². The second-order valence-corrected chi connectivity index (χ2v) is 7.47. The number of nitrogens with zero attached hydrogens (tertiary/aromatic N) is 1. The average Bonchev–Trinajstić information content (AvgIpc) is 2.79. The molecule has 7 nitrogen and oxygen atoms in total. The van der Waals surface area contributed by atoms with Crippen molar-refractivity contribution in [1.82, 2.24) is 15.5 Å². The fourth-order valence-corrected chi connectivity index (χ4v) is 3.71. The summed E-state index contributed by atoms with van der Waals surface area (Å²) in [6.45, 7) is 1.21. The highest BCUT2D eigenvalue weighted by atomic mass is 19.2. The molecule has 0 spiro atoms. The molecule has 1 fully saturated rings. The van der Waals surface area contributed by atoms with Gasteiger partial charge in [-0.25, -0.2) is 8.78 Å². The molecule has 2 N–H and O–H groups in total. The van der Waals surface area contributed by atoms with Gasteiger partial charge in [0.05, 0.1) is 26.7 Å². The Balaban J connectivity index is 1.58. The van der Waals surface area contributed by atoms with E-state index in [4.69, 9.17) is 9.47 Å². The normalized spacial score (nSPS) is 16.4. The van der Waals surface area contributed by atoms with Gasteiger partial charge in [-0.05, 0) is 24.1 Å². The fraction of sp³-hybridized carbons (Fsp3) is 0.391. The van der Waals surface area contributed by atoms with Crippen molar-refractivity contribution in [3.8, 4) is 11.5 Å². The molecule has 1 aliphatic heterocycles. The van der Waals surface area contributed by atoms with Crippen LogP contribution in [0.2, 0.25) is 0 Å². The van der Waals surface area contributed by atoms with Crippen molar-refractivity contribution in [3.05, 3.63) is 59.2 Å². The molecule has 0 radical (unpaired) electrons. The average molecular weight is 447 g/mol. The summed E-state index contributed by atoms with van der Waals surface area (Å²) in [5.41, 5.74) is 1.06. The molecule has 1 saturated heterocycles. The SMILES string of the molecule is COc1ccc(CCNC(=O)C[C@@H]2C(=O)NCCN2Cc2cccc(F)c2F)c(OC)c1. The molecule has 0 saturated carbocycles. The van der Waals surface area contributed by atoms with Crippen molar-refractivity contribution >= 4 is 11.8 Å². The first-order chi connectivity index (χ1) is 15.4. The largest absolute Gasteiger partial charge is 0.497 e. The predicted molar refractivity (Wildman–Crippen MR) is 114 cm³/mol. The minimum absolute atomic E-state index is 0.0397. The summed E-state index contributed by atoms with van der Waals surface area (Å²) in [5.74, 6) is -1.15. The highest BCUT2D eigenvalue weighted by Crippen LogP contribution is 2.24. The summed E-state index contributed by atoms with van der Waals surface area (Å²) in [5, 5.41) is 5.55. The van der Waals surface area contributed by atoms with Gasteiger partial charge in [0.25, 0.3) is 0 Å². The van der Waals surface area contributed by atoms with E-state index in [2.05, 4.69) is 10.6 Å². The number of rotatable bonds is 9. The second kappa shape index (κ2) is 10.9. The zero-order valence-electron chi connectivity index (χ0n) is 18.1. The van der Waals surface area contributed by atoms with Gasteiger partial charge in [0, 0.05) is 37.8 Å². The molecular formula is C23H27F2N3O4. The van der Waals surface area contributed by atoms with Crippen molar-refractivity contribution in [1.29, 1.82) is 0 Å². The fourth-order valence-electron chi connectivity index (χ4n) is 3.71. The minimum Gasteiger partial charge on any atom is -0.497 e. The highest BCUT2D eigenvalue weighted by Gasteiger charge is 2.32.